The molecule has 5 heteroatoms. The van der Waals surface area contributed by atoms with Gasteiger partial charge in [-0.3, -0.25) is 4.79 Å². The summed E-state index contributed by atoms with van der Waals surface area (Å²) < 4.78 is 0. The normalized spacial score (nSPS) is 10.1. The van der Waals surface area contributed by atoms with Crippen LogP contribution in [0.1, 0.15) is 36.3 Å². The van der Waals surface area contributed by atoms with E-state index in [0.717, 1.165) is 0 Å². The van der Waals surface area contributed by atoms with Gasteiger partial charge in [-0.15, -0.1) is 0 Å². The molecule has 1 aromatic heterocycles. The number of nitrogens with zero attached hydrogens (tertiary/aromatic N) is 2. The molecule has 0 unspecified atom stereocenters. The number of hydrogen-bond acceptors (Lipinski definition) is 4. The monoisotopic (exact) mass is 275 g/mol. The van der Waals surface area contributed by atoms with Crippen LogP contribution in [0.5, 0.6) is 0 Å². The van der Waals surface area contributed by atoms with Gasteiger partial charge in [0, 0.05) is 25.4 Å². The van der Waals surface area contributed by atoms with Gasteiger partial charge in [-0.05, 0) is 32.4 Å². The van der Waals surface area contributed by atoms with Crippen LogP contribution < -0.4 is 5.73 Å². The van der Waals surface area contributed by atoms with Crippen molar-refractivity contribution in [3.63, 3.8) is 0 Å². The minimum absolute atomic E-state index is 0.0337. The highest BCUT2D eigenvalue weighted by Gasteiger charge is 2.21. The molecule has 5 nitrogen and oxygen atoms in total. The third-order valence-corrected chi connectivity index (χ3v) is 2.78. The lowest BCUT2D eigenvalue weighted by atomic mass is 10.1. The third-order valence-electron chi connectivity index (χ3n) is 2.78. The molecule has 0 saturated carbocycles. The van der Waals surface area contributed by atoms with Gasteiger partial charge in [0.1, 0.15) is 5.69 Å². The quantitative estimate of drug-likeness (QED) is 0.772. The Morgan fingerprint density at radius 3 is 2.90 bits per heavy atom. The van der Waals surface area contributed by atoms with E-state index in [1.807, 2.05) is 13.8 Å². The van der Waals surface area contributed by atoms with Crippen molar-refractivity contribution in [3.8, 4) is 11.8 Å². The van der Waals surface area contributed by atoms with E-state index in [0.29, 0.717) is 24.2 Å². The number of aliphatic hydroxyl groups excluding tert-OH is 1. The molecule has 0 saturated heterocycles. The van der Waals surface area contributed by atoms with Gasteiger partial charge >= 0.3 is 0 Å². The van der Waals surface area contributed by atoms with E-state index in [9.17, 15) is 4.79 Å². The number of amides is 1. The van der Waals surface area contributed by atoms with E-state index in [1.165, 1.54) is 0 Å². The van der Waals surface area contributed by atoms with Crippen LogP contribution in [0, 0.1) is 11.8 Å². The van der Waals surface area contributed by atoms with Gasteiger partial charge in [-0.1, -0.05) is 11.8 Å². The van der Waals surface area contributed by atoms with Crippen LogP contribution in [0.3, 0.4) is 0 Å². The lowest BCUT2D eigenvalue weighted by Crippen LogP contribution is -2.38. The number of rotatable bonds is 5. The summed E-state index contributed by atoms with van der Waals surface area (Å²) in [6.07, 6.45) is 2.12. The maximum Gasteiger partial charge on any atom is 0.273 e. The van der Waals surface area contributed by atoms with Crippen LogP contribution in [0.2, 0.25) is 0 Å². The average molecular weight is 275 g/mol. The molecule has 20 heavy (non-hydrogen) atoms. The summed E-state index contributed by atoms with van der Waals surface area (Å²) in [5.74, 6) is 5.44. The Bertz CT molecular complexity index is 503. The smallest absolute Gasteiger partial charge is 0.273 e. The molecule has 0 fully saturated rings. The summed E-state index contributed by atoms with van der Waals surface area (Å²) in [5.41, 5.74) is 6.27. The Kier molecular flexibility index (Phi) is 6.71. The Hall–Kier alpha value is -1.90. The van der Waals surface area contributed by atoms with Crippen molar-refractivity contribution in [2.45, 2.75) is 26.3 Å². The molecule has 0 spiro atoms. The van der Waals surface area contributed by atoms with E-state index in [4.69, 9.17) is 10.8 Å². The van der Waals surface area contributed by atoms with Crippen LogP contribution >= 0.6 is 0 Å². The van der Waals surface area contributed by atoms with Crippen LogP contribution in [0.15, 0.2) is 18.3 Å². The molecule has 0 aromatic carbocycles. The second-order valence-electron chi connectivity index (χ2n) is 4.57. The Morgan fingerprint density at radius 2 is 2.30 bits per heavy atom. The molecule has 1 heterocycles. The first kappa shape index (κ1) is 16.2. The molecule has 0 bridgehead atoms. The predicted octanol–water partition coefficient (Wildman–Crippen LogP) is 0.625. The van der Waals surface area contributed by atoms with E-state index in [1.54, 1.807) is 23.2 Å². The van der Waals surface area contributed by atoms with Crippen molar-refractivity contribution in [2.24, 2.45) is 5.73 Å². The SMILES string of the molecule is CC(C)N(CCCO)C(=O)c1ncccc1C#CCN. The maximum absolute atomic E-state index is 12.6. The first-order valence-corrected chi connectivity index (χ1v) is 6.67. The van der Waals surface area contributed by atoms with E-state index >= 15 is 0 Å². The summed E-state index contributed by atoms with van der Waals surface area (Å²) in [5, 5.41) is 8.93. The van der Waals surface area contributed by atoms with Crippen LogP contribution in [0.4, 0.5) is 0 Å². The molecule has 1 aromatic rings. The molecule has 0 aliphatic carbocycles. The minimum Gasteiger partial charge on any atom is -0.396 e. The second-order valence-corrected chi connectivity index (χ2v) is 4.57. The highest BCUT2D eigenvalue weighted by atomic mass is 16.3. The van der Waals surface area contributed by atoms with Crippen molar-refractivity contribution in [1.82, 2.24) is 9.88 Å². The zero-order chi connectivity index (χ0) is 15.0. The number of nitrogens with two attached hydrogens (primary N) is 1. The first-order chi connectivity index (χ1) is 9.61. The molecule has 3 N–H and O–H groups in total. The number of aliphatic hydroxyl groups is 1. The molecular weight excluding hydrogens is 254 g/mol. The minimum atomic E-state index is -0.171. The fraction of sp³-hybridized carbons (Fsp3) is 0.467. The van der Waals surface area contributed by atoms with Gasteiger partial charge in [0.05, 0.1) is 12.1 Å². The molecule has 1 rings (SSSR count). The van der Waals surface area contributed by atoms with Crippen LogP contribution in [-0.4, -0.2) is 46.6 Å². The van der Waals surface area contributed by atoms with E-state index in [2.05, 4.69) is 16.8 Å². The fourth-order valence-electron chi connectivity index (χ4n) is 1.79. The van der Waals surface area contributed by atoms with Gasteiger partial charge in [0.15, 0.2) is 0 Å². The summed E-state index contributed by atoms with van der Waals surface area (Å²) in [4.78, 5) is 18.4. The Labute approximate surface area is 119 Å². The van der Waals surface area contributed by atoms with E-state index in [-0.39, 0.29) is 25.1 Å². The van der Waals surface area contributed by atoms with Gasteiger partial charge < -0.3 is 15.7 Å². The van der Waals surface area contributed by atoms with Crippen molar-refractivity contribution in [1.29, 1.82) is 0 Å². The highest BCUT2D eigenvalue weighted by Crippen LogP contribution is 2.11. The number of carbonyl (C=O) groups is 1. The topological polar surface area (TPSA) is 79.5 Å². The molecule has 0 radical (unpaired) electrons. The fourth-order valence-corrected chi connectivity index (χ4v) is 1.79. The van der Waals surface area contributed by atoms with Crippen molar-refractivity contribution in [2.75, 3.05) is 19.7 Å². The second kappa shape index (κ2) is 8.31. The summed E-state index contributed by atoms with van der Waals surface area (Å²) in [6.45, 7) is 4.65. The number of pyridine rings is 1. The van der Waals surface area contributed by atoms with E-state index < -0.39 is 0 Å². The first-order valence-electron chi connectivity index (χ1n) is 6.67. The van der Waals surface area contributed by atoms with Gasteiger partial charge in [-0.25, -0.2) is 4.98 Å². The third kappa shape index (κ3) is 4.34. The summed E-state index contributed by atoms with van der Waals surface area (Å²) in [7, 11) is 0. The summed E-state index contributed by atoms with van der Waals surface area (Å²) >= 11 is 0. The summed E-state index contributed by atoms with van der Waals surface area (Å²) in [6, 6.07) is 3.53. The average Bonchev–Trinajstić information content (AvgIpc) is 2.45. The molecule has 108 valence electrons. The zero-order valence-electron chi connectivity index (χ0n) is 12.0. The highest BCUT2D eigenvalue weighted by molar-refractivity contribution is 5.95. The maximum atomic E-state index is 12.6. The van der Waals surface area contributed by atoms with Crippen molar-refractivity contribution >= 4 is 5.91 Å². The largest absolute Gasteiger partial charge is 0.396 e. The van der Waals surface area contributed by atoms with Crippen LogP contribution in [-0.2, 0) is 0 Å². The lowest BCUT2D eigenvalue weighted by molar-refractivity contribution is 0.0687. The zero-order valence-corrected chi connectivity index (χ0v) is 12.0. The predicted molar refractivity (Wildman–Crippen MR) is 78.0 cm³/mol. The molecular formula is C15H21N3O2. The van der Waals surface area contributed by atoms with Gasteiger partial charge in [-0.2, -0.15) is 0 Å². The Balaban J connectivity index is 3.05. The van der Waals surface area contributed by atoms with Gasteiger partial charge in [0.2, 0.25) is 0 Å². The standard InChI is InChI=1S/C15H21N3O2/c1-12(2)18(10-5-11-19)15(20)14-13(6-3-8-16)7-4-9-17-14/h4,7,9,12,19H,5,8,10-11,16H2,1-2H3. The van der Waals surface area contributed by atoms with Crippen molar-refractivity contribution in [3.05, 3.63) is 29.6 Å². The molecule has 0 aliphatic rings. The molecule has 0 aliphatic heterocycles. The molecule has 0 atom stereocenters. The lowest BCUT2D eigenvalue weighted by Gasteiger charge is -2.26. The van der Waals surface area contributed by atoms with Crippen molar-refractivity contribution < 1.29 is 9.90 Å². The number of aromatic nitrogens is 1. The number of hydrogen-bond donors (Lipinski definition) is 2. The van der Waals surface area contributed by atoms with Crippen LogP contribution in [0.25, 0.3) is 0 Å². The van der Waals surface area contributed by atoms with Gasteiger partial charge in [0.25, 0.3) is 5.91 Å². The Morgan fingerprint density at radius 1 is 1.55 bits per heavy atom. The molecule has 1 amide bonds. The number of carbonyl (C=O) groups excluding carboxylic acids is 1.